The lowest BCUT2D eigenvalue weighted by Gasteiger charge is -2.22. The first-order valence-electron chi connectivity index (χ1n) is 30.7. The lowest BCUT2D eigenvalue weighted by molar-refractivity contribution is -0.716. The fourth-order valence-corrected chi connectivity index (χ4v) is 16.7. The molecule has 0 saturated carbocycles. The number of rotatable bonds is 0. The third-order valence-electron chi connectivity index (χ3n) is 20.8. The van der Waals surface area contributed by atoms with Gasteiger partial charge in [0.2, 0.25) is 22.6 Å². The molecule has 3 aliphatic heterocycles. The Morgan fingerprint density at radius 2 is 0.701 bits per heavy atom. The van der Waals surface area contributed by atoms with E-state index in [1.165, 1.54) is 164 Å². The topological polar surface area (TPSA) is 39.3 Å². The van der Waals surface area contributed by atoms with Crippen LogP contribution in [0.1, 0.15) is 74.9 Å². The van der Waals surface area contributed by atoms with Crippen LogP contribution in [0.5, 0.6) is 17.2 Å². The Balaban J connectivity index is 0.0000000950. The average Bonchev–Trinajstić information content (AvgIpc) is 1.61. The van der Waals surface area contributed by atoms with Gasteiger partial charge in [0.25, 0.3) is 20.2 Å². The summed E-state index contributed by atoms with van der Waals surface area (Å²) in [5.74, 6) is 3.14. The molecular weight excluding hydrogens is 1060 g/mol. The Hall–Kier alpha value is -10.2. The average molecular weight is 1120 g/mol. The molecule has 21 rings (SSSR count). The lowest BCUT2D eigenvalue weighted by atomic mass is 9.79. The number of nitrogens with zero attached hydrogens (tertiary/aromatic N) is 3. The Morgan fingerprint density at radius 3 is 1.30 bits per heavy atom. The van der Waals surface area contributed by atoms with E-state index in [0.29, 0.717) is 20.2 Å². The maximum absolute atomic E-state index is 6.49. The molecule has 3 aromatic heterocycles. The Bertz CT molecular complexity index is 5670. The van der Waals surface area contributed by atoms with Gasteiger partial charge in [-0.1, -0.05) is 205 Å². The minimum Gasteiger partial charge on any atom is -0.434 e. The first-order valence-corrected chi connectivity index (χ1v) is 30.7. The zero-order valence-corrected chi connectivity index (χ0v) is 49.5. The molecule has 0 bridgehead atoms. The monoisotopic (exact) mass is 1120 g/mol. The summed E-state index contributed by atoms with van der Waals surface area (Å²) in [6.07, 6.45) is 4.56. The molecule has 0 N–H and O–H groups in total. The predicted molar refractivity (Wildman–Crippen MR) is 352 cm³/mol. The predicted octanol–water partition coefficient (Wildman–Crippen LogP) is 18.3. The smallest absolute Gasteiger partial charge is 0.293 e. The molecular formula is C81H60N3O3+3. The van der Waals surface area contributed by atoms with Crippen LogP contribution in [0.15, 0.2) is 219 Å². The van der Waals surface area contributed by atoms with Gasteiger partial charge >= 0.3 is 0 Å². The molecule has 0 amide bonds. The summed E-state index contributed by atoms with van der Waals surface area (Å²) in [5, 5.41) is 21.8. The second-order valence-corrected chi connectivity index (χ2v) is 26.4. The standard InChI is InChI=1S/3C27H20NO/c1-27(2)21-13-17-8-4-6-10-20(17)26-23(21)25-24(27)22-18(14-28(25)15-29-26)12-11-16-7-3-5-9-19(16)22;1-27(2)21-13-17-8-4-6-10-20(17)26-23(21)25-22(27)14-18-12-11-16-7-3-5-9-19(16)24(18)28(25)15-29-26;1-27(2)22-13-17-8-4-6-10-19(17)26-23(22)25-24(27)20-12-11-16-7-3-5-9-18(16)21(20)14-28(25)15-29-26/h3*3-14H,15H2,1-2H3/q3*+1. The zero-order valence-electron chi connectivity index (χ0n) is 49.5. The Labute approximate surface area is 503 Å². The minimum absolute atomic E-state index is 0.0568. The van der Waals surface area contributed by atoms with Gasteiger partial charge in [0.15, 0.2) is 12.4 Å². The maximum Gasteiger partial charge on any atom is 0.293 e. The second-order valence-electron chi connectivity index (χ2n) is 26.4. The minimum atomic E-state index is -0.0947. The fourth-order valence-electron chi connectivity index (χ4n) is 16.7. The van der Waals surface area contributed by atoms with Crippen LogP contribution in [0.25, 0.3) is 131 Å². The molecule has 6 heteroatoms. The van der Waals surface area contributed by atoms with Crippen molar-refractivity contribution in [3.8, 4) is 51.0 Å². The van der Waals surface area contributed by atoms with Crippen molar-refractivity contribution in [3.63, 3.8) is 0 Å². The van der Waals surface area contributed by atoms with E-state index in [4.69, 9.17) is 14.2 Å². The summed E-state index contributed by atoms with van der Waals surface area (Å²) in [5.41, 5.74) is 17.2. The number of ether oxygens (including phenoxy) is 3. The van der Waals surface area contributed by atoms with Gasteiger partial charge in [0, 0.05) is 65.3 Å². The van der Waals surface area contributed by atoms with Crippen LogP contribution < -0.4 is 27.9 Å². The van der Waals surface area contributed by atoms with Crippen molar-refractivity contribution >= 4 is 97.1 Å². The highest BCUT2D eigenvalue weighted by atomic mass is 16.5. The van der Waals surface area contributed by atoms with Crippen LogP contribution in [0.2, 0.25) is 0 Å². The van der Waals surface area contributed by atoms with Gasteiger partial charge in [0.1, 0.15) is 17.2 Å². The molecule has 87 heavy (non-hydrogen) atoms. The summed E-state index contributed by atoms with van der Waals surface area (Å²) in [4.78, 5) is 0. The number of benzene rings is 12. The molecule has 6 nitrogen and oxygen atoms in total. The van der Waals surface area contributed by atoms with Crippen molar-refractivity contribution in [2.24, 2.45) is 0 Å². The summed E-state index contributed by atoms with van der Waals surface area (Å²) in [7, 11) is 0. The van der Waals surface area contributed by atoms with Gasteiger partial charge in [-0.2, -0.15) is 13.7 Å². The van der Waals surface area contributed by atoms with Gasteiger partial charge in [0.05, 0.1) is 27.5 Å². The van der Waals surface area contributed by atoms with Crippen LogP contribution in [0.3, 0.4) is 0 Å². The van der Waals surface area contributed by atoms with Crippen molar-refractivity contribution in [1.29, 1.82) is 0 Å². The molecule has 0 spiro atoms. The summed E-state index contributed by atoms with van der Waals surface area (Å²) >= 11 is 0. The highest BCUT2D eigenvalue weighted by molar-refractivity contribution is 6.14. The Kier molecular flexibility index (Phi) is 9.63. The van der Waals surface area contributed by atoms with E-state index in [1.54, 1.807) is 0 Å². The first kappa shape index (κ1) is 49.1. The molecule has 6 aliphatic rings. The highest BCUT2D eigenvalue weighted by Crippen LogP contribution is 2.59. The molecule has 15 aromatic rings. The number of hydrogen-bond acceptors (Lipinski definition) is 3. The fraction of sp³-hybridized carbons (Fsp3) is 0.148. The summed E-state index contributed by atoms with van der Waals surface area (Å²) in [6, 6.07) is 75.0. The molecule has 0 unspecified atom stereocenters. The molecule has 6 heterocycles. The van der Waals surface area contributed by atoms with Crippen molar-refractivity contribution in [2.75, 3.05) is 0 Å². The number of pyridine rings is 3. The number of aromatic nitrogens is 3. The zero-order chi connectivity index (χ0) is 58.0. The lowest BCUT2D eigenvalue weighted by Crippen LogP contribution is -2.43. The van der Waals surface area contributed by atoms with Crippen LogP contribution in [-0.4, -0.2) is 0 Å². The van der Waals surface area contributed by atoms with Crippen molar-refractivity contribution in [1.82, 2.24) is 0 Å². The van der Waals surface area contributed by atoms with Crippen molar-refractivity contribution < 1.29 is 27.9 Å². The summed E-state index contributed by atoms with van der Waals surface area (Å²) < 4.78 is 26.3. The molecule has 0 radical (unpaired) electrons. The molecule has 0 atom stereocenters. The third kappa shape index (κ3) is 6.42. The van der Waals surface area contributed by atoms with E-state index in [2.05, 4.69) is 274 Å². The largest absolute Gasteiger partial charge is 0.434 e. The quantitative estimate of drug-likeness (QED) is 0.112. The Morgan fingerprint density at radius 1 is 0.299 bits per heavy atom. The van der Waals surface area contributed by atoms with Crippen LogP contribution in [0.4, 0.5) is 0 Å². The van der Waals surface area contributed by atoms with E-state index >= 15 is 0 Å². The van der Waals surface area contributed by atoms with E-state index in [0.717, 1.165) is 17.2 Å². The second kappa shape index (κ2) is 17.0. The number of fused-ring (bicyclic) bond motifs is 18. The molecule has 0 fully saturated rings. The SMILES string of the molecule is CC1(C)c2cc3ccccc3c3c2-c2c1c1c(ccc4ccccc41)c[n+]2CO3.CC1(C)c2cc3ccccc3c3c2-c2c1c1ccc4ccccc4c1c[n+]2CO3.CC1(C)c2cc3ccccc3c3c2-c2c1cc1ccc4ccccc4c1[n+]2CO3. The van der Waals surface area contributed by atoms with E-state index in [1.807, 2.05) is 0 Å². The van der Waals surface area contributed by atoms with Gasteiger partial charge in [-0.25, -0.2) is 0 Å². The molecule has 414 valence electrons. The van der Waals surface area contributed by atoms with Crippen LogP contribution in [0, 0.1) is 0 Å². The van der Waals surface area contributed by atoms with Crippen molar-refractivity contribution in [2.45, 2.75) is 78.0 Å². The third-order valence-corrected chi connectivity index (χ3v) is 20.8. The summed E-state index contributed by atoms with van der Waals surface area (Å²) in [6.45, 7) is 15.8. The maximum atomic E-state index is 6.49. The van der Waals surface area contributed by atoms with Crippen LogP contribution >= 0.6 is 0 Å². The molecule has 3 aliphatic carbocycles. The normalized spacial score (nSPS) is 15.7. The van der Waals surface area contributed by atoms with Crippen LogP contribution in [-0.2, 0) is 36.4 Å². The van der Waals surface area contributed by atoms with Gasteiger partial charge in [-0.05, 0) is 108 Å². The van der Waals surface area contributed by atoms with Crippen molar-refractivity contribution in [3.05, 3.63) is 252 Å². The first-order chi connectivity index (χ1) is 42.4. The highest BCUT2D eigenvalue weighted by Gasteiger charge is 2.51. The van der Waals surface area contributed by atoms with Gasteiger partial charge in [-0.15, -0.1) is 0 Å². The van der Waals surface area contributed by atoms with E-state index < -0.39 is 0 Å². The number of hydrogen-bond donors (Lipinski definition) is 0. The van der Waals surface area contributed by atoms with E-state index in [9.17, 15) is 0 Å². The van der Waals surface area contributed by atoms with Gasteiger partial charge in [-0.3, -0.25) is 0 Å². The van der Waals surface area contributed by atoms with Gasteiger partial charge < -0.3 is 14.2 Å². The molecule has 12 aromatic carbocycles. The molecule has 0 saturated heterocycles. The van der Waals surface area contributed by atoms with E-state index in [-0.39, 0.29) is 16.2 Å².